The highest BCUT2D eigenvalue weighted by Gasteiger charge is 2.43. The fourth-order valence-corrected chi connectivity index (χ4v) is 5.04. The predicted octanol–water partition coefficient (Wildman–Crippen LogP) is 1.42. The molecule has 9 heteroatoms. The smallest absolute Gasteiger partial charge is 0.239 e. The number of benzene rings is 1. The number of ether oxygens (including phenoxy) is 2. The van der Waals surface area contributed by atoms with Crippen molar-refractivity contribution in [1.29, 1.82) is 0 Å². The van der Waals surface area contributed by atoms with Gasteiger partial charge in [-0.2, -0.15) is 0 Å². The summed E-state index contributed by atoms with van der Waals surface area (Å²) in [5.74, 6) is 0.305. The van der Waals surface area contributed by atoms with E-state index < -0.39 is 21.2 Å². The van der Waals surface area contributed by atoms with Gasteiger partial charge in [0.2, 0.25) is 18.6 Å². The Kier molecular flexibility index (Phi) is 5.07. The highest BCUT2D eigenvalue weighted by Crippen LogP contribution is 2.35. The third-order valence-electron chi connectivity index (χ3n) is 4.98. The van der Waals surface area contributed by atoms with E-state index in [0.29, 0.717) is 30.2 Å². The molecule has 3 rings (SSSR count). The first-order valence-corrected chi connectivity index (χ1v) is 10.7. The van der Waals surface area contributed by atoms with Crippen molar-refractivity contribution < 1.29 is 27.5 Å². The lowest BCUT2D eigenvalue weighted by Crippen LogP contribution is -2.51. The lowest BCUT2D eigenvalue weighted by Gasteiger charge is -2.34. The van der Waals surface area contributed by atoms with Crippen molar-refractivity contribution in [1.82, 2.24) is 4.90 Å². The zero-order valence-electron chi connectivity index (χ0n) is 15.6. The zero-order valence-corrected chi connectivity index (χ0v) is 16.5. The van der Waals surface area contributed by atoms with Crippen LogP contribution < -0.4 is 14.8 Å². The molecule has 1 unspecified atom stereocenters. The fraction of sp³-hybridized carbons (Fsp3) is 0.556. The maximum atomic E-state index is 13.0. The molecule has 2 aliphatic heterocycles. The van der Waals surface area contributed by atoms with Crippen LogP contribution in [-0.4, -0.2) is 56.0 Å². The molecule has 1 saturated heterocycles. The first-order chi connectivity index (χ1) is 12.6. The molecule has 1 aromatic rings. The predicted molar refractivity (Wildman–Crippen MR) is 99.4 cm³/mol. The number of amides is 2. The highest BCUT2D eigenvalue weighted by molar-refractivity contribution is 7.91. The average Bonchev–Trinajstić information content (AvgIpc) is 3.21. The van der Waals surface area contributed by atoms with Gasteiger partial charge in [-0.25, -0.2) is 8.42 Å². The molecular formula is C18H24N2O6S. The molecule has 0 aliphatic carbocycles. The van der Waals surface area contributed by atoms with Gasteiger partial charge in [-0.15, -0.1) is 0 Å². The van der Waals surface area contributed by atoms with Gasteiger partial charge in [0.05, 0.1) is 11.5 Å². The number of carbonyl (C=O) groups excluding carboxylic acids is 2. The maximum absolute atomic E-state index is 13.0. The van der Waals surface area contributed by atoms with E-state index in [1.54, 1.807) is 39.0 Å². The van der Waals surface area contributed by atoms with E-state index in [4.69, 9.17) is 9.47 Å². The second-order valence-electron chi connectivity index (χ2n) is 7.30. The van der Waals surface area contributed by atoms with Crippen molar-refractivity contribution in [3.63, 3.8) is 0 Å². The van der Waals surface area contributed by atoms with Gasteiger partial charge >= 0.3 is 0 Å². The van der Waals surface area contributed by atoms with Crippen molar-refractivity contribution in [3.8, 4) is 11.5 Å². The molecule has 148 valence electrons. The van der Waals surface area contributed by atoms with E-state index in [9.17, 15) is 18.0 Å². The second kappa shape index (κ2) is 7.03. The van der Waals surface area contributed by atoms with Crippen LogP contribution >= 0.6 is 0 Å². The molecule has 0 radical (unpaired) electrons. The molecule has 1 N–H and O–H groups in total. The molecule has 0 spiro atoms. The quantitative estimate of drug-likeness (QED) is 0.755. The minimum Gasteiger partial charge on any atom is -0.454 e. The Morgan fingerprint density at radius 1 is 1.26 bits per heavy atom. The van der Waals surface area contributed by atoms with Crippen molar-refractivity contribution in [2.75, 3.05) is 30.2 Å². The lowest BCUT2D eigenvalue weighted by molar-refractivity contribution is -0.147. The number of rotatable bonds is 5. The Morgan fingerprint density at radius 2 is 1.96 bits per heavy atom. The fourth-order valence-electron chi connectivity index (χ4n) is 3.31. The number of fused-ring (bicyclic) bond motifs is 1. The van der Waals surface area contributed by atoms with Crippen LogP contribution in [0.3, 0.4) is 0 Å². The van der Waals surface area contributed by atoms with Gasteiger partial charge in [0, 0.05) is 24.3 Å². The summed E-state index contributed by atoms with van der Waals surface area (Å²) in [7, 11) is -3.12. The number of carbonyl (C=O) groups is 2. The number of nitrogens with zero attached hydrogens (tertiary/aromatic N) is 1. The summed E-state index contributed by atoms with van der Waals surface area (Å²) in [5, 5.41) is 2.74. The van der Waals surface area contributed by atoms with E-state index in [1.165, 1.54) is 4.90 Å². The van der Waals surface area contributed by atoms with E-state index in [0.717, 1.165) is 0 Å². The molecular weight excluding hydrogens is 372 g/mol. The minimum atomic E-state index is -3.12. The van der Waals surface area contributed by atoms with Crippen LogP contribution in [0.5, 0.6) is 11.5 Å². The Hall–Kier alpha value is -2.29. The first-order valence-electron chi connectivity index (χ1n) is 8.86. The summed E-state index contributed by atoms with van der Waals surface area (Å²) in [6.45, 7) is 5.36. The summed E-state index contributed by atoms with van der Waals surface area (Å²) < 4.78 is 34.1. The minimum absolute atomic E-state index is 0.0492. The highest BCUT2D eigenvalue weighted by atomic mass is 32.2. The standard InChI is InChI=1S/C18H24N2O6S/c1-4-20(13-7-8-27(23,24)10-13)17(22)18(2,3)16(21)19-12-5-6-14-15(9-12)26-11-25-14/h5-6,9,13H,4,7-8,10-11H2,1-3H3,(H,19,21). The Bertz CT molecular complexity index is 865. The molecule has 27 heavy (non-hydrogen) atoms. The molecule has 1 aromatic carbocycles. The van der Waals surface area contributed by atoms with Crippen molar-refractivity contribution >= 4 is 27.3 Å². The van der Waals surface area contributed by atoms with Crippen LogP contribution in [0.25, 0.3) is 0 Å². The largest absolute Gasteiger partial charge is 0.454 e. The molecule has 2 aliphatic rings. The van der Waals surface area contributed by atoms with Gasteiger partial charge in [-0.3, -0.25) is 9.59 Å². The van der Waals surface area contributed by atoms with Gasteiger partial charge in [0.25, 0.3) is 0 Å². The third kappa shape index (κ3) is 3.87. The number of hydrogen-bond acceptors (Lipinski definition) is 6. The Labute approximate surface area is 158 Å². The number of hydrogen-bond donors (Lipinski definition) is 1. The van der Waals surface area contributed by atoms with Gasteiger partial charge in [0.1, 0.15) is 5.41 Å². The van der Waals surface area contributed by atoms with Crippen LogP contribution in [0.15, 0.2) is 18.2 Å². The SMILES string of the molecule is CCN(C(=O)C(C)(C)C(=O)Nc1ccc2c(c1)OCO2)C1CCS(=O)(=O)C1. The molecule has 1 atom stereocenters. The first kappa shape index (κ1) is 19.5. The second-order valence-corrected chi connectivity index (χ2v) is 9.52. The van der Waals surface area contributed by atoms with Gasteiger partial charge in [-0.1, -0.05) is 0 Å². The topological polar surface area (TPSA) is 102 Å². The summed E-state index contributed by atoms with van der Waals surface area (Å²) in [6.07, 6.45) is 0.405. The van der Waals surface area contributed by atoms with E-state index in [-0.39, 0.29) is 30.2 Å². The number of sulfone groups is 1. The summed E-state index contributed by atoms with van der Waals surface area (Å²) >= 11 is 0. The van der Waals surface area contributed by atoms with E-state index in [2.05, 4.69) is 5.32 Å². The number of anilines is 1. The zero-order chi connectivity index (χ0) is 19.8. The molecule has 2 amide bonds. The Balaban J connectivity index is 1.73. The molecule has 0 bridgehead atoms. The van der Waals surface area contributed by atoms with Crippen molar-refractivity contribution in [2.45, 2.75) is 33.2 Å². The van der Waals surface area contributed by atoms with Gasteiger partial charge < -0.3 is 19.7 Å². The molecule has 1 fully saturated rings. The summed E-state index contributed by atoms with van der Waals surface area (Å²) in [6, 6.07) is 4.62. The number of nitrogens with one attached hydrogen (secondary N) is 1. The van der Waals surface area contributed by atoms with E-state index in [1.807, 2.05) is 0 Å². The van der Waals surface area contributed by atoms with Gasteiger partial charge in [-0.05, 0) is 39.3 Å². The van der Waals surface area contributed by atoms with Crippen LogP contribution in [0.4, 0.5) is 5.69 Å². The van der Waals surface area contributed by atoms with Crippen molar-refractivity contribution in [2.24, 2.45) is 5.41 Å². The maximum Gasteiger partial charge on any atom is 0.239 e. The molecule has 8 nitrogen and oxygen atoms in total. The summed E-state index contributed by atoms with van der Waals surface area (Å²) in [4.78, 5) is 27.3. The Morgan fingerprint density at radius 3 is 2.59 bits per heavy atom. The van der Waals surface area contributed by atoms with E-state index >= 15 is 0 Å². The molecule has 0 saturated carbocycles. The van der Waals surface area contributed by atoms with Crippen LogP contribution in [0, 0.1) is 5.41 Å². The van der Waals surface area contributed by atoms with Crippen molar-refractivity contribution in [3.05, 3.63) is 18.2 Å². The molecule has 0 aromatic heterocycles. The average molecular weight is 396 g/mol. The van der Waals surface area contributed by atoms with Crippen LogP contribution in [-0.2, 0) is 19.4 Å². The van der Waals surface area contributed by atoms with Gasteiger partial charge in [0.15, 0.2) is 21.3 Å². The normalized spacial score (nSPS) is 20.3. The lowest BCUT2D eigenvalue weighted by atomic mass is 9.89. The van der Waals surface area contributed by atoms with Crippen LogP contribution in [0.2, 0.25) is 0 Å². The van der Waals surface area contributed by atoms with Crippen LogP contribution in [0.1, 0.15) is 27.2 Å². The monoisotopic (exact) mass is 396 g/mol. The molecule has 2 heterocycles. The summed E-state index contributed by atoms with van der Waals surface area (Å²) in [5.41, 5.74) is -0.852. The third-order valence-corrected chi connectivity index (χ3v) is 6.73.